The minimum Gasteiger partial charge on any atom is -0.497 e. The molecular weight excluding hydrogens is 352 g/mol. The fourth-order valence-electron chi connectivity index (χ4n) is 2.57. The van der Waals surface area contributed by atoms with Gasteiger partial charge in [0.25, 0.3) is 0 Å². The summed E-state index contributed by atoms with van der Waals surface area (Å²) < 4.78 is 9.86. The summed E-state index contributed by atoms with van der Waals surface area (Å²) in [5, 5.41) is 5.77. The van der Waals surface area contributed by atoms with Crippen LogP contribution < -0.4 is 15.4 Å². The van der Waals surface area contributed by atoms with Crippen LogP contribution in [0.25, 0.3) is 0 Å². The number of thiophene rings is 1. The Balaban J connectivity index is 1.99. The molecule has 1 aromatic carbocycles. The minimum atomic E-state index is -0.451. The van der Waals surface area contributed by atoms with Gasteiger partial charge in [0.2, 0.25) is 0 Å². The van der Waals surface area contributed by atoms with E-state index in [0.29, 0.717) is 17.0 Å². The SMILES string of the molecule is COC(=O)c1cc(NC(=O)NC(C)(C)Cc2ccc(OC)cc2)c(C)s1. The Bertz CT molecular complexity index is 781. The van der Waals surface area contributed by atoms with Gasteiger partial charge in [-0.1, -0.05) is 12.1 Å². The molecule has 0 aliphatic carbocycles. The zero-order chi connectivity index (χ0) is 19.3. The highest BCUT2D eigenvalue weighted by molar-refractivity contribution is 7.14. The van der Waals surface area contributed by atoms with Crippen LogP contribution in [0.3, 0.4) is 0 Å². The van der Waals surface area contributed by atoms with Crippen molar-refractivity contribution in [3.05, 3.63) is 45.6 Å². The van der Waals surface area contributed by atoms with E-state index >= 15 is 0 Å². The van der Waals surface area contributed by atoms with Gasteiger partial charge in [-0.25, -0.2) is 9.59 Å². The van der Waals surface area contributed by atoms with E-state index in [1.165, 1.54) is 18.4 Å². The van der Waals surface area contributed by atoms with E-state index in [4.69, 9.17) is 9.47 Å². The van der Waals surface area contributed by atoms with Gasteiger partial charge >= 0.3 is 12.0 Å². The van der Waals surface area contributed by atoms with Crippen LogP contribution in [-0.2, 0) is 11.2 Å². The molecule has 2 aromatic rings. The number of carbonyl (C=O) groups excluding carboxylic acids is 2. The molecule has 0 aliphatic heterocycles. The Morgan fingerprint density at radius 3 is 2.38 bits per heavy atom. The number of ether oxygens (including phenoxy) is 2. The second kappa shape index (κ2) is 8.23. The summed E-state index contributed by atoms with van der Waals surface area (Å²) in [4.78, 5) is 25.3. The standard InChI is InChI=1S/C19H24N2O4S/c1-12-15(10-16(26-12)17(22)25-5)20-18(23)21-19(2,3)11-13-6-8-14(24-4)9-7-13/h6-10H,11H2,1-5H3,(H2,20,21,23). The molecular formula is C19H24N2O4S. The molecule has 0 spiro atoms. The van der Waals surface area contributed by atoms with Crippen LogP contribution in [0.4, 0.5) is 10.5 Å². The van der Waals surface area contributed by atoms with Gasteiger partial charge in [0.1, 0.15) is 10.6 Å². The van der Waals surface area contributed by atoms with Crippen LogP contribution in [0, 0.1) is 6.92 Å². The molecule has 0 saturated heterocycles. The maximum atomic E-state index is 12.4. The Morgan fingerprint density at radius 1 is 1.15 bits per heavy atom. The molecule has 0 unspecified atom stereocenters. The third-order valence-corrected chi connectivity index (χ3v) is 4.84. The number of carbonyl (C=O) groups is 2. The lowest BCUT2D eigenvalue weighted by atomic mass is 9.95. The smallest absolute Gasteiger partial charge is 0.348 e. The zero-order valence-electron chi connectivity index (χ0n) is 15.6. The van der Waals surface area contributed by atoms with Gasteiger partial charge in [-0.15, -0.1) is 11.3 Å². The predicted octanol–water partition coefficient (Wildman–Crippen LogP) is 3.99. The average molecular weight is 376 g/mol. The van der Waals surface area contributed by atoms with Crippen LogP contribution in [0.1, 0.15) is 34.0 Å². The third kappa shape index (κ3) is 5.23. The van der Waals surface area contributed by atoms with Crippen molar-refractivity contribution in [3.8, 4) is 5.75 Å². The number of nitrogens with one attached hydrogen (secondary N) is 2. The molecule has 0 atom stereocenters. The van der Waals surface area contributed by atoms with Gasteiger partial charge in [-0.05, 0) is 51.0 Å². The highest BCUT2D eigenvalue weighted by Crippen LogP contribution is 2.27. The molecule has 140 valence electrons. The van der Waals surface area contributed by atoms with Crippen LogP contribution in [0.5, 0.6) is 5.75 Å². The highest BCUT2D eigenvalue weighted by atomic mass is 32.1. The van der Waals surface area contributed by atoms with Crippen molar-refractivity contribution in [1.29, 1.82) is 0 Å². The zero-order valence-corrected chi connectivity index (χ0v) is 16.5. The predicted molar refractivity (Wildman–Crippen MR) is 103 cm³/mol. The van der Waals surface area contributed by atoms with Crippen molar-refractivity contribution in [3.63, 3.8) is 0 Å². The van der Waals surface area contributed by atoms with Crippen molar-refractivity contribution in [1.82, 2.24) is 5.32 Å². The molecule has 0 saturated carbocycles. The van der Waals surface area contributed by atoms with Crippen LogP contribution in [-0.4, -0.2) is 31.8 Å². The van der Waals surface area contributed by atoms with Crippen molar-refractivity contribution in [2.45, 2.75) is 32.7 Å². The second-order valence-corrected chi connectivity index (χ2v) is 7.82. The summed E-state index contributed by atoms with van der Waals surface area (Å²) in [6.07, 6.45) is 0.667. The second-order valence-electron chi connectivity index (χ2n) is 6.56. The fraction of sp³-hybridized carbons (Fsp3) is 0.368. The number of hydrogen-bond donors (Lipinski definition) is 2. The van der Waals surface area contributed by atoms with Gasteiger partial charge < -0.3 is 20.1 Å². The average Bonchev–Trinajstić information content (AvgIpc) is 2.94. The first-order chi connectivity index (χ1) is 12.2. The Labute approximate surface area is 157 Å². The van der Waals surface area contributed by atoms with E-state index in [0.717, 1.165) is 16.2 Å². The number of rotatable bonds is 6. The fourth-order valence-corrected chi connectivity index (χ4v) is 3.46. The Kier molecular flexibility index (Phi) is 6.26. The number of anilines is 1. The molecule has 1 aromatic heterocycles. The number of benzene rings is 1. The Hall–Kier alpha value is -2.54. The molecule has 0 bridgehead atoms. The van der Waals surface area contributed by atoms with Crippen LogP contribution in [0.15, 0.2) is 30.3 Å². The maximum absolute atomic E-state index is 12.4. The van der Waals surface area contributed by atoms with Crippen molar-refractivity contribution < 1.29 is 19.1 Å². The number of methoxy groups -OCH3 is 2. The summed E-state index contributed by atoms with van der Waals surface area (Å²) in [6.45, 7) is 5.75. The number of amides is 2. The molecule has 0 aliphatic rings. The molecule has 7 heteroatoms. The van der Waals surface area contributed by atoms with E-state index in [1.807, 2.05) is 45.0 Å². The number of hydrogen-bond acceptors (Lipinski definition) is 5. The van der Waals surface area contributed by atoms with Crippen molar-refractivity contribution >= 4 is 29.0 Å². The minimum absolute atomic E-state index is 0.319. The van der Waals surface area contributed by atoms with E-state index < -0.39 is 11.5 Å². The van der Waals surface area contributed by atoms with E-state index in [2.05, 4.69) is 10.6 Å². The van der Waals surface area contributed by atoms with E-state index in [9.17, 15) is 9.59 Å². The highest BCUT2D eigenvalue weighted by Gasteiger charge is 2.22. The number of aryl methyl sites for hydroxylation is 1. The van der Waals surface area contributed by atoms with Crippen molar-refractivity contribution in [2.75, 3.05) is 19.5 Å². The lowest BCUT2D eigenvalue weighted by Gasteiger charge is -2.26. The van der Waals surface area contributed by atoms with Crippen molar-refractivity contribution in [2.24, 2.45) is 0 Å². The van der Waals surface area contributed by atoms with E-state index in [1.54, 1.807) is 13.2 Å². The molecule has 2 rings (SSSR count). The largest absolute Gasteiger partial charge is 0.497 e. The van der Waals surface area contributed by atoms with Gasteiger partial charge in [-0.2, -0.15) is 0 Å². The van der Waals surface area contributed by atoms with Crippen LogP contribution >= 0.6 is 11.3 Å². The molecule has 0 fully saturated rings. The molecule has 2 amide bonds. The maximum Gasteiger partial charge on any atom is 0.348 e. The Morgan fingerprint density at radius 2 is 1.81 bits per heavy atom. The quantitative estimate of drug-likeness (QED) is 0.747. The monoisotopic (exact) mass is 376 g/mol. The summed E-state index contributed by atoms with van der Waals surface area (Å²) in [6, 6.07) is 9.06. The summed E-state index contributed by atoms with van der Waals surface area (Å²) >= 11 is 1.28. The first kappa shape index (κ1) is 19.8. The normalized spacial score (nSPS) is 11.0. The summed E-state index contributed by atoms with van der Waals surface area (Å²) in [5.41, 5.74) is 1.25. The van der Waals surface area contributed by atoms with Gasteiger partial charge in [0, 0.05) is 10.4 Å². The molecule has 2 N–H and O–H groups in total. The van der Waals surface area contributed by atoms with E-state index in [-0.39, 0.29) is 6.03 Å². The van der Waals surface area contributed by atoms with Crippen LogP contribution in [0.2, 0.25) is 0 Å². The van der Waals surface area contributed by atoms with Gasteiger partial charge in [0.15, 0.2) is 0 Å². The first-order valence-electron chi connectivity index (χ1n) is 8.15. The molecule has 1 heterocycles. The molecule has 6 nitrogen and oxygen atoms in total. The lowest BCUT2D eigenvalue weighted by Crippen LogP contribution is -2.47. The lowest BCUT2D eigenvalue weighted by molar-refractivity contribution is 0.0606. The third-order valence-electron chi connectivity index (χ3n) is 3.81. The number of urea groups is 1. The molecule has 0 radical (unpaired) electrons. The first-order valence-corrected chi connectivity index (χ1v) is 8.96. The van der Waals surface area contributed by atoms with Gasteiger partial charge in [0.05, 0.1) is 19.9 Å². The topological polar surface area (TPSA) is 76.7 Å². The summed E-state index contributed by atoms with van der Waals surface area (Å²) in [5.74, 6) is 0.387. The summed E-state index contributed by atoms with van der Waals surface area (Å²) in [7, 11) is 2.96. The molecule has 26 heavy (non-hydrogen) atoms. The van der Waals surface area contributed by atoms with Gasteiger partial charge in [-0.3, -0.25) is 0 Å². The number of esters is 1.